The van der Waals surface area contributed by atoms with Gasteiger partial charge in [-0.1, -0.05) is 17.7 Å². The van der Waals surface area contributed by atoms with Gasteiger partial charge in [-0.15, -0.1) is 0 Å². The number of fused-ring (bicyclic) bond motifs is 1. The number of benzene rings is 2. The van der Waals surface area contributed by atoms with Gasteiger partial charge in [-0.3, -0.25) is 0 Å². The van der Waals surface area contributed by atoms with E-state index < -0.39 is 0 Å². The minimum absolute atomic E-state index is 0.167. The first kappa shape index (κ1) is 18.2. The van der Waals surface area contributed by atoms with Gasteiger partial charge in [0.2, 0.25) is 0 Å². The highest BCUT2D eigenvalue weighted by molar-refractivity contribution is 6.30. The number of hydrogen-bond acceptors (Lipinski definition) is 4. The predicted molar refractivity (Wildman–Crippen MR) is 99.2 cm³/mol. The molecule has 2 amide bonds. The third-order valence-corrected chi connectivity index (χ3v) is 4.09. The molecule has 0 saturated carbocycles. The summed E-state index contributed by atoms with van der Waals surface area (Å²) in [5.74, 6) is 2.18. The first-order chi connectivity index (χ1) is 12.6. The number of rotatable bonds is 6. The van der Waals surface area contributed by atoms with Gasteiger partial charge in [-0.05, 0) is 42.0 Å². The van der Waals surface area contributed by atoms with Crippen molar-refractivity contribution in [1.82, 2.24) is 10.2 Å². The second-order valence-corrected chi connectivity index (χ2v) is 6.30. The lowest BCUT2D eigenvalue weighted by Crippen LogP contribution is -2.38. The quantitative estimate of drug-likeness (QED) is 0.785. The molecule has 2 aromatic carbocycles. The van der Waals surface area contributed by atoms with Gasteiger partial charge in [-0.25, -0.2) is 4.79 Å². The summed E-state index contributed by atoms with van der Waals surface area (Å²) in [4.78, 5) is 13.8. The molecule has 1 aliphatic heterocycles. The second-order valence-electron chi connectivity index (χ2n) is 5.87. The zero-order valence-corrected chi connectivity index (χ0v) is 15.3. The number of ether oxygens (including phenoxy) is 3. The lowest BCUT2D eigenvalue weighted by atomic mass is 10.2. The predicted octanol–water partition coefficient (Wildman–Crippen LogP) is 3.33. The van der Waals surface area contributed by atoms with Crippen molar-refractivity contribution in [2.24, 2.45) is 0 Å². The lowest BCUT2D eigenvalue weighted by Gasteiger charge is -2.21. The second kappa shape index (κ2) is 8.67. The highest BCUT2D eigenvalue weighted by atomic mass is 35.5. The highest BCUT2D eigenvalue weighted by Gasteiger charge is 2.14. The van der Waals surface area contributed by atoms with E-state index in [9.17, 15) is 4.79 Å². The summed E-state index contributed by atoms with van der Waals surface area (Å²) in [5.41, 5.74) is 0.976. The smallest absolute Gasteiger partial charge is 0.317 e. The van der Waals surface area contributed by atoms with Crippen molar-refractivity contribution >= 4 is 17.6 Å². The third-order valence-electron chi connectivity index (χ3n) is 3.83. The summed E-state index contributed by atoms with van der Waals surface area (Å²) in [7, 11) is 1.74. The van der Waals surface area contributed by atoms with Crippen LogP contribution in [0.25, 0.3) is 0 Å². The standard InChI is InChI=1S/C19H21ClN2O4/c1-22(13-14-2-7-17-18(12-14)26-11-10-25-17)19(23)21-8-9-24-16-5-3-15(20)4-6-16/h2-7,12H,8-11,13H2,1H3,(H,21,23). The number of halogens is 1. The average molecular weight is 377 g/mol. The normalized spacial score (nSPS) is 12.4. The summed E-state index contributed by atoms with van der Waals surface area (Å²) in [6, 6.07) is 12.6. The van der Waals surface area contributed by atoms with Crippen LogP contribution in [-0.2, 0) is 6.54 Å². The maximum absolute atomic E-state index is 12.2. The van der Waals surface area contributed by atoms with Gasteiger partial charge in [-0.2, -0.15) is 0 Å². The Bertz CT molecular complexity index is 752. The van der Waals surface area contributed by atoms with Crippen LogP contribution in [0.5, 0.6) is 17.2 Å². The molecule has 1 N–H and O–H groups in total. The summed E-state index contributed by atoms with van der Waals surface area (Å²) in [6.45, 7) is 2.37. The van der Waals surface area contributed by atoms with Crippen LogP contribution in [0.1, 0.15) is 5.56 Å². The molecule has 0 saturated heterocycles. The van der Waals surface area contributed by atoms with Gasteiger partial charge in [0.15, 0.2) is 11.5 Å². The van der Waals surface area contributed by atoms with Crippen molar-refractivity contribution in [2.45, 2.75) is 6.54 Å². The third kappa shape index (κ3) is 4.95. The number of carbonyl (C=O) groups excluding carboxylic acids is 1. The largest absolute Gasteiger partial charge is 0.492 e. The van der Waals surface area contributed by atoms with E-state index in [0.717, 1.165) is 17.1 Å². The maximum Gasteiger partial charge on any atom is 0.317 e. The molecule has 0 unspecified atom stereocenters. The number of amides is 2. The zero-order valence-electron chi connectivity index (χ0n) is 14.5. The first-order valence-corrected chi connectivity index (χ1v) is 8.75. The molecule has 138 valence electrons. The number of urea groups is 1. The molecule has 0 fully saturated rings. The molecule has 0 spiro atoms. The van der Waals surface area contributed by atoms with E-state index in [1.54, 1.807) is 36.2 Å². The van der Waals surface area contributed by atoms with E-state index in [1.807, 2.05) is 18.2 Å². The van der Waals surface area contributed by atoms with E-state index in [-0.39, 0.29) is 6.03 Å². The van der Waals surface area contributed by atoms with Gasteiger partial charge >= 0.3 is 6.03 Å². The molecule has 0 radical (unpaired) electrons. The minimum Gasteiger partial charge on any atom is -0.492 e. The van der Waals surface area contributed by atoms with Crippen LogP contribution in [-0.4, -0.2) is 44.3 Å². The Labute approximate surface area is 157 Å². The van der Waals surface area contributed by atoms with Crippen LogP contribution < -0.4 is 19.5 Å². The number of carbonyl (C=O) groups is 1. The number of hydrogen-bond donors (Lipinski definition) is 1. The van der Waals surface area contributed by atoms with Gasteiger partial charge in [0.25, 0.3) is 0 Å². The van der Waals surface area contributed by atoms with Crippen LogP contribution in [0.2, 0.25) is 5.02 Å². The molecular weight excluding hydrogens is 356 g/mol. The SMILES string of the molecule is CN(Cc1ccc2c(c1)OCCO2)C(=O)NCCOc1ccc(Cl)cc1. The zero-order chi connectivity index (χ0) is 18.4. The molecule has 7 heteroatoms. The number of nitrogens with one attached hydrogen (secondary N) is 1. The minimum atomic E-state index is -0.167. The molecule has 1 heterocycles. The van der Waals surface area contributed by atoms with Crippen LogP contribution in [0.4, 0.5) is 4.79 Å². The van der Waals surface area contributed by atoms with Gasteiger partial charge in [0.1, 0.15) is 25.6 Å². The molecule has 2 aromatic rings. The van der Waals surface area contributed by atoms with Crippen LogP contribution in [0, 0.1) is 0 Å². The van der Waals surface area contributed by atoms with Crippen molar-refractivity contribution in [3.05, 3.63) is 53.1 Å². The van der Waals surface area contributed by atoms with E-state index in [2.05, 4.69) is 5.32 Å². The topological polar surface area (TPSA) is 60.0 Å². The van der Waals surface area contributed by atoms with Crippen LogP contribution in [0.15, 0.2) is 42.5 Å². The van der Waals surface area contributed by atoms with Crippen molar-refractivity contribution < 1.29 is 19.0 Å². The number of nitrogens with zero attached hydrogens (tertiary/aromatic N) is 1. The van der Waals surface area contributed by atoms with E-state index >= 15 is 0 Å². The Morgan fingerprint density at radius 2 is 1.88 bits per heavy atom. The van der Waals surface area contributed by atoms with E-state index in [1.165, 1.54) is 0 Å². The summed E-state index contributed by atoms with van der Waals surface area (Å²) in [5, 5.41) is 3.49. The van der Waals surface area contributed by atoms with Crippen LogP contribution >= 0.6 is 11.6 Å². The lowest BCUT2D eigenvalue weighted by molar-refractivity contribution is 0.171. The molecule has 0 bridgehead atoms. The Hall–Kier alpha value is -2.60. The molecule has 26 heavy (non-hydrogen) atoms. The molecule has 0 aliphatic carbocycles. The van der Waals surface area contributed by atoms with Crippen molar-refractivity contribution in [3.8, 4) is 17.2 Å². The van der Waals surface area contributed by atoms with Gasteiger partial charge in [0, 0.05) is 18.6 Å². The monoisotopic (exact) mass is 376 g/mol. The fraction of sp³-hybridized carbons (Fsp3) is 0.316. The summed E-state index contributed by atoms with van der Waals surface area (Å²) >= 11 is 5.82. The Morgan fingerprint density at radius 3 is 2.65 bits per heavy atom. The Balaban J connectivity index is 1.42. The molecule has 0 aromatic heterocycles. The van der Waals surface area contributed by atoms with E-state index in [4.69, 9.17) is 25.8 Å². The van der Waals surface area contributed by atoms with Crippen molar-refractivity contribution in [1.29, 1.82) is 0 Å². The fourth-order valence-electron chi connectivity index (χ4n) is 2.52. The molecule has 0 atom stereocenters. The molecular formula is C19H21ClN2O4. The molecule has 6 nitrogen and oxygen atoms in total. The van der Waals surface area contributed by atoms with Gasteiger partial charge < -0.3 is 24.4 Å². The molecule has 3 rings (SSSR count). The average Bonchev–Trinajstić information content (AvgIpc) is 2.66. The van der Waals surface area contributed by atoms with Crippen molar-refractivity contribution in [2.75, 3.05) is 33.4 Å². The summed E-state index contributed by atoms with van der Waals surface area (Å²) in [6.07, 6.45) is 0. The first-order valence-electron chi connectivity index (χ1n) is 8.38. The van der Waals surface area contributed by atoms with Crippen molar-refractivity contribution in [3.63, 3.8) is 0 Å². The van der Waals surface area contributed by atoms with E-state index in [0.29, 0.717) is 43.7 Å². The summed E-state index contributed by atoms with van der Waals surface area (Å²) < 4.78 is 16.6. The highest BCUT2D eigenvalue weighted by Crippen LogP contribution is 2.31. The fourth-order valence-corrected chi connectivity index (χ4v) is 2.65. The molecule has 1 aliphatic rings. The maximum atomic E-state index is 12.2. The Morgan fingerprint density at radius 1 is 1.15 bits per heavy atom. The Kier molecular flexibility index (Phi) is 6.07. The van der Waals surface area contributed by atoms with Crippen LogP contribution in [0.3, 0.4) is 0 Å². The van der Waals surface area contributed by atoms with Gasteiger partial charge in [0.05, 0.1) is 6.54 Å².